The number of benzene rings is 1. The first-order valence-corrected chi connectivity index (χ1v) is 7.03. The van der Waals surface area contributed by atoms with E-state index >= 15 is 0 Å². The van der Waals surface area contributed by atoms with Crippen LogP contribution in [0.1, 0.15) is 19.3 Å². The van der Waals surface area contributed by atoms with Gasteiger partial charge in [-0.25, -0.2) is 0 Å². The average Bonchev–Trinajstić information content (AvgIpc) is 2.34. The number of anilines is 1. The molecule has 0 spiro atoms. The largest absolute Gasteiger partial charge is 0.325 e. The zero-order valence-corrected chi connectivity index (χ0v) is 12.2. The summed E-state index contributed by atoms with van der Waals surface area (Å²) in [6.07, 6.45) is 6.99. The van der Waals surface area contributed by atoms with E-state index in [1.165, 1.54) is 0 Å². The van der Waals surface area contributed by atoms with Crippen LogP contribution in [0.3, 0.4) is 0 Å². The van der Waals surface area contributed by atoms with Gasteiger partial charge < -0.3 is 5.32 Å². The molecule has 0 radical (unpaired) electrons. The summed E-state index contributed by atoms with van der Waals surface area (Å²) in [4.78, 5) is 12.0. The Kier molecular flexibility index (Phi) is 4.45. The van der Waals surface area contributed by atoms with Crippen LogP contribution in [0.4, 0.5) is 5.69 Å². The Morgan fingerprint density at radius 2 is 2.24 bits per heavy atom. The maximum Gasteiger partial charge on any atom is 0.227 e. The molecule has 1 aliphatic carbocycles. The molecule has 1 aliphatic rings. The van der Waals surface area contributed by atoms with Crippen molar-refractivity contribution in [3.63, 3.8) is 0 Å². The molecule has 1 unspecified atom stereocenters. The van der Waals surface area contributed by atoms with Gasteiger partial charge in [-0.05, 0) is 60.1 Å². The van der Waals surface area contributed by atoms with Gasteiger partial charge >= 0.3 is 0 Å². The van der Waals surface area contributed by atoms with E-state index in [-0.39, 0.29) is 11.8 Å². The van der Waals surface area contributed by atoms with Crippen molar-refractivity contribution in [1.82, 2.24) is 0 Å². The summed E-state index contributed by atoms with van der Waals surface area (Å²) >= 11 is 8.05. The highest BCUT2D eigenvalue weighted by atomic mass is 127. The minimum Gasteiger partial charge on any atom is -0.325 e. The molecule has 0 heterocycles. The van der Waals surface area contributed by atoms with Gasteiger partial charge in [-0.3, -0.25) is 4.79 Å². The van der Waals surface area contributed by atoms with Gasteiger partial charge in [0.25, 0.3) is 0 Å². The van der Waals surface area contributed by atoms with Crippen LogP contribution in [0, 0.1) is 9.49 Å². The molecule has 2 rings (SSSR count). The van der Waals surface area contributed by atoms with Gasteiger partial charge in [-0.1, -0.05) is 23.8 Å². The monoisotopic (exact) mass is 361 g/mol. The van der Waals surface area contributed by atoms with E-state index in [0.29, 0.717) is 5.02 Å². The van der Waals surface area contributed by atoms with Gasteiger partial charge in [0.1, 0.15) is 0 Å². The Morgan fingerprint density at radius 1 is 1.41 bits per heavy atom. The molecular weight excluding hydrogens is 349 g/mol. The van der Waals surface area contributed by atoms with Crippen LogP contribution in [0.15, 0.2) is 30.4 Å². The molecule has 4 heteroatoms. The van der Waals surface area contributed by atoms with E-state index in [9.17, 15) is 4.79 Å². The Labute approximate surface area is 120 Å². The molecule has 1 aromatic carbocycles. The van der Waals surface area contributed by atoms with Crippen molar-refractivity contribution in [2.24, 2.45) is 5.92 Å². The van der Waals surface area contributed by atoms with Crippen LogP contribution < -0.4 is 5.32 Å². The Hall–Kier alpha value is -0.550. The summed E-state index contributed by atoms with van der Waals surface area (Å²) in [6.45, 7) is 0. The maximum absolute atomic E-state index is 12.0. The summed E-state index contributed by atoms with van der Waals surface area (Å²) in [5.41, 5.74) is 0.842. The summed E-state index contributed by atoms with van der Waals surface area (Å²) in [6, 6.07) is 5.49. The molecule has 0 aromatic heterocycles. The van der Waals surface area contributed by atoms with E-state index in [0.717, 1.165) is 28.5 Å². The number of hydrogen-bond donors (Lipinski definition) is 1. The predicted octanol–water partition coefficient (Wildman–Crippen LogP) is 4.24. The van der Waals surface area contributed by atoms with Crippen molar-refractivity contribution in [2.45, 2.75) is 19.3 Å². The van der Waals surface area contributed by atoms with Crippen molar-refractivity contribution < 1.29 is 4.79 Å². The molecule has 0 saturated carbocycles. The Bertz CT molecular complexity index is 459. The van der Waals surface area contributed by atoms with E-state index in [2.05, 4.69) is 40.1 Å². The minimum absolute atomic E-state index is 0.103. The first-order valence-electron chi connectivity index (χ1n) is 5.58. The lowest BCUT2D eigenvalue weighted by Crippen LogP contribution is -2.23. The molecule has 0 bridgehead atoms. The predicted molar refractivity (Wildman–Crippen MR) is 79.3 cm³/mol. The van der Waals surface area contributed by atoms with Crippen LogP contribution in [0.25, 0.3) is 0 Å². The Morgan fingerprint density at radius 3 is 2.88 bits per heavy atom. The van der Waals surface area contributed by atoms with Gasteiger partial charge in [0.15, 0.2) is 0 Å². The third-order valence-electron chi connectivity index (χ3n) is 2.83. The van der Waals surface area contributed by atoms with E-state index in [1.54, 1.807) is 6.07 Å². The second kappa shape index (κ2) is 5.87. The van der Waals surface area contributed by atoms with Crippen molar-refractivity contribution >= 4 is 45.8 Å². The maximum atomic E-state index is 12.0. The number of allylic oxidation sites excluding steroid dienone is 2. The fraction of sp³-hybridized carbons (Fsp3) is 0.308. The highest BCUT2D eigenvalue weighted by molar-refractivity contribution is 14.1. The first-order chi connectivity index (χ1) is 8.16. The lowest BCUT2D eigenvalue weighted by atomic mass is 9.93. The number of halogens is 2. The topological polar surface area (TPSA) is 29.1 Å². The van der Waals surface area contributed by atoms with Crippen molar-refractivity contribution in [3.05, 3.63) is 38.9 Å². The van der Waals surface area contributed by atoms with Crippen molar-refractivity contribution in [1.29, 1.82) is 0 Å². The second-order valence-corrected chi connectivity index (χ2v) is 5.69. The number of amides is 1. The van der Waals surface area contributed by atoms with E-state index in [4.69, 9.17) is 11.6 Å². The molecule has 1 atom stereocenters. The highest BCUT2D eigenvalue weighted by Crippen LogP contribution is 2.25. The highest BCUT2D eigenvalue weighted by Gasteiger charge is 2.19. The average molecular weight is 362 g/mol. The SMILES string of the molecule is O=C(Nc1ccc(Cl)cc1I)C1CC=CCC1. The summed E-state index contributed by atoms with van der Waals surface area (Å²) in [5, 5.41) is 3.66. The zero-order valence-electron chi connectivity index (χ0n) is 9.25. The minimum atomic E-state index is 0.103. The first kappa shape index (κ1) is 12.9. The van der Waals surface area contributed by atoms with Crippen LogP contribution >= 0.6 is 34.2 Å². The molecule has 17 heavy (non-hydrogen) atoms. The van der Waals surface area contributed by atoms with Crippen LogP contribution in [0.2, 0.25) is 5.02 Å². The van der Waals surface area contributed by atoms with Crippen molar-refractivity contribution in [3.8, 4) is 0 Å². The number of carbonyl (C=O) groups is 1. The number of carbonyl (C=O) groups excluding carboxylic acids is 1. The molecule has 1 amide bonds. The number of rotatable bonds is 2. The molecule has 0 aliphatic heterocycles. The third kappa shape index (κ3) is 3.45. The molecule has 1 aromatic rings. The molecule has 0 saturated heterocycles. The fourth-order valence-corrected chi connectivity index (χ4v) is 2.86. The molecule has 1 N–H and O–H groups in total. The Balaban J connectivity index is 2.05. The second-order valence-electron chi connectivity index (χ2n) is 4.09. The van der Waals surface area contributed by atoms with Gasteiger partial charge in [0.2, 0.25) is 5.91 Å². The van der Waals surface area contributed by atoms with E-state index < -0.39 is 0 Å². The number of hydrogen-bond acceptors (Lipinski definition) is 1. The molecular formula is C13H13ClINO. The normalized spacial score (nSPS) is 19.1. The van der Waals surface area contributed by atoms with Gasteiger partial charge in [-0.2, -0.15) is 0 Å². The van der Waals surface area contributed by atoms with Crippen LogP contribution in [-0.2, 0) is 4.79 Å². The summed E-state index contributed by atoms with van der Waals surface area (Å²) in [7, 11) is 0. The zero-order chi connectivity index (χ0) is 12.3. The number of nitrogens with one attached hydrogen (secondary N) is 1. The molecule has 90 valence electrons. The van der Waals surface area contributed by atoms with Gasteiger partial charge in [0, 0.05) is 14.5 Å². The lowest BCUT2D eigenvalue weighted by molar-refractivity contribution is -0.120. The van der Waals surface area contributed by atoms with Gasteiger partial charge in [-0.15, -0.1) is 0 Å². The quantitative estimate of drug-likeness (QED) is 0.619. The molecule has 2 nitrogen and oxygen atoms in total. The van der Waals surface area contributed by atoms with Crippen LogP contribution in [-0.4, -0.2) is 5.91 Å². The van der Waals surface area contributed by atoms with E-state index in [1.807, 2.05) is 12.1 Å². The summed E-state index contributed by atoms with van der Waals surface area (Å²) in [5.74, 6) is 0.209. The standard InChI is InChI=1S/C13H13ClINO/c14-10-6-7-12(11(15)8-10)16-13(17)9-4-2-1-3-5-9/h1-2,6-9H,3-5H2,(H,16,17). The van der Waals surface area contributed by atoms with Crippen LogP contribution in [0.5, 0.6) is 0 Å². The summed E-state index contributed by atoms with van der Waals surface area (Å²) < 4.78 is 0.967. The smallest absolute Gasteiger partial charge is 0.227 e. The third-order valence-corrected chi connectivity index (χ3v) is 3.96. The fourth-order valence-electron chi connectivity index (χ4n) is 1.86. The van der Waals surface area contributed by atoms with Gasteiger partial charge in [0.05, 0.1) is 5.69 Å². The van der Waals surface area contributed by atoms with Crippen molar-refractivity contribution in [2.75, 3.05) is 5.32 Å². The molecule has 0 fully saturated rings. The lowest BCUT2D eigenvalue weighted by Gasteiger charge is -2.17.